The highest BCUT2D eigenvalue weighted by molar-refractivity contribution is 8.14. The van der Waals surface area contributed by atoms with Crippen molar-refractivity contribution in [3.8, 4) is 0 Å². The van der Waals surface area contributed by atoms with E-state index >= 15 is 0 Å². The van der Waals surface area contributed by atoms with Gasteiger partial charge in [0.2, 0.25) is 0 Å². The summed E-state index contributed by atoms with van der Waals surface area (Å²) in [5.74, 6) is -0.784. The van der Waals surface area contributed by atoms with Crippen LogP contribution in [0.5, 0.6) is 0 Å². The number of nitrogens with zero attached hydrogens (tertiary/aromatic N) is 1. The molecule has 2 N–H and O–H groups in total. The molecule has 0 aromatic heterocycles. The number of carboxylic acids is 1. The normalized spacial score (nSPS) is 17.2. The maximum absolute atomic E-state index is 13.1. The van der Waals surface area contributed by atoms with Gasteiger partial charge in [-0.25, -0.2) is 8.42 Å². The third-order valence-electron chi connectivity index (χ3n) is 7.63. The zero-order valence-electron chi connectivity index (χ0n) is 21.9. The Morgan fingerprint density at radius 3 is 2.38 bits per heavy atom. The first-order chi connectivity index (χ1) is 18.8. The second kappa shape index (κ2) is 12.0. The molecule has 0 saturated heterocycles. The fraction of sp³-hybridized carbons (Fsp3) is 0.355. The summed E-state index contributed by atoms with van der Waals surface area (Å²) in [7, 11) is -3.65. The summed E-state index contributed by atoms with van der Waals surface area (Å²) in [6, 6.07) is 24.4. The molecule has 1 atom stereocenters. The molecule has 3 aromatic rings. The second-order valence-corrected chi connectivity index (χ2v) is 13.6. The first-order valence-electron chi connectivity index (χ1n) is 13.5. The van der Waals surface area contributed by atoms with Crippen LogP contribution in [0.25, 0.3) is 0 Å². The number of sulfone groups is 1. The van der Waals surface area contributed by atoms with Crippen LogP contribution in [-0.2, 0) is 27.5 Å². The van der Waals surface area contributed by atoms with Crippen LogP contribution in [0.1, 0.15) is 54.7 Å². The predicted molar refractivity (Wildman–Crippen MR) is 158 cm³/mol. The minimum Gasteiger partial charge on any atom is -0.481 e. The number of carboxylic acid groups (broad SMARTS) is 1. The number of hydrogen-bond acceptors (Lipinski definition) is 6. The summed E-state index contributed by atoms with van der Waals surface area (Å²) in [6.07, 6.45) is 6.33. The first kappa shape index (κ1) is 27.5. The van der Waals surface area contributed by atoms with Crippen molar-refractivity contribution >= 4 is 38.4 Å². The van der Waals surface area contributed by atoms with Crippen molar-refractivity contribution in [3.05, 3.63) is 95.6 Å². The summed E-state index contributed by atoms with van der Waals surface area (Å²) in [5.41, 5.74) is 4.17. The second-order valence-electron chi connectivity index (χ2n) is 10.6. The number of anilines is 1. The zero-order valence-corrected chi connectivity index (χ0v) is 23.5. The summed E-state index contributed by atoms with van der Waals surface area (Å²) < 4.78 is 26.3. The lowest BCUT2D eigenvalue weighted by Crippen LogP contribution is -2.21. The van der Waals surface area contributed by atoms with Gasteiger partial charge in [-0.05, 0) is 66.6 Å². The molecule has 5 rings (SSSR count). The van der Waals surface area contributed by atoms with Gasteiger partial charge in [-0.1, -0.05) is 79.2 Å². The smallest absolute Gasteiger partial charge is 0.303 e. The van der Waals surface area contributed by atoms with Gasteiger partial charge in [-0.15, -0.1) is 0 Å². The molecule has 8 heteroatoms. The highest BCUT2D eigenvalue weighted by Gasteiger charge is 2.38. The van der Waals surface area contributed by atoms with Crippen molar-refractivity contribution in [2.75, 3.05) is 16.8 Å². The van der Waals surface area contributed by atoms with E-state index in [1.807, 2.05) is 30.0 Å². The van der Waals surface area contributed by atoms with E-state index in [1.165, 1.54) is 31.2 Å². The lowest BCUT2D eigenvalue weighted by atomic mass is 9.98. The summed E-state index contributed by atoms with van der Waals surface area (Å²) in [6.45, 7) is 0. The van der Waals surface area contributed by atoms with Crippen LogP contribution in [0.2, 0.25) is 0 Å². The minimum atomic E-state index is -3.65. The van der Waals surface area contributed by atoms with Crippen LogP contribution in [0.15, 0.2) is 88.8 Å². The largest absolute Gasteiger partial charge is 0.481 e. The molecule has 6 nitrogen and oxygen atoms in total. The fourth-order valence-electron chi connectivity index (χ4n) is 5.49. The van der Waals surface area contributed by atoms with Crippen molar-refractivity contribution in [1.82, 2.24) is 0 Å². The Balaban J connectivity index is 1.19. The molecule has 1 heterocycles. The fourth-order valence-corrected chi connectivity index (χ4v) is 8.28. The van der Waals surface area contributed by atoms with Crippen molar-refractivity contribution in [1.29, 1.82) is 0 Å². The topological polar surface area (TPSA) is 95.8 Å². The molecule has 0 amide bonds. The summed E-state index contributed by atoms with van der Waals surface area (Å²) in [4.78, 5) is 16.6. The maximum atomic E-state index is 13.1. The quantitative estimate of drug-likeness (QED) is 0.300. The Hall–Kier alpha value is -3.10. The number of aliphatic carboxylic acids is 1. The molecule has 1 aliphatic carbocycles. The number of rotatable bonds is 10. The van der Waals surface area contributed by atoms with Gasteiger partial charge in [0.25, 0.3) is 0 Å². The molecule has 0 radical (unpaired) electrons. The maximum Gasteiger partial charge on any atom is 0.303 e. The van der Waals surface area contributed by atoms with Gasteiger partial charge in [0, 0.05) is 17.4 Å². The number of carbonyl (C=O) groups is 1. The zero-order chi connectivity index (χ0) is 27.3. The van der Waals surface area contributed by atoms with Gasteiger partial charge in [-0.3, -0.25) is 9.79 Å². The molecule has 2 aliphatic rings. The van der Waals surface area contributed by atoms with Crippen LogP contribution in [0, 0.1) is 0 Å². The highest BCUT2D eigenvalue weighted by atomic mass is 32.2. The standard InChI is InChI=1S/C31H34N2O4S2/c34-29(35)20-26(25-8-2-1-3-9-25)21-39(36,37)28-15-13-23(14-16-28)11-12-24-7-6-10-27(19-24)32-30-33-31(22-38-30)17-4-5-18-31/h1-3,6-10,13-16,19,26H,4-5,11-12,17-18,20-22H2,(H,32,33)(H,34,35). The van der Waals surface area contributed by atoms with E-state index in [4.69, 9.17) is 4.99 Å². The molecule has 1 aliphatic heterocycles. The molecule has 39 heavy (non-hydrogen) atoms. The van der Waals surface area contributed by atoms with Gasteiger partial charge in [0.15, 0.2) is 15.0 Å². The molecule has 1 unspecified atom stereocenters. The Labute approximate surface area is 234 Å². The van der Waals surface area contributed by atoms with Crippen LogP contribution >= 0.6 is 11.8 Å². The van der Waals surface area contributed by atoms with Gasteiger partial charge in [-0.2, -0.15) is 0 Å². The Morgan fingerprint density at radius 2 is 1.67 bits per heavy atom. The van der Waals surface area contributed by atoms with Gasteiger partial charge >= 0.3 is 5.97 Å². The SMILES string of the molecule is O=C(O)CC(CS(=O)(=O)c1ccc(CCc2cccc(NC3=NC4(CCCC4)CS3)c2)cc1)c1ccccc1. The summed E-state index contributed by atoms with van der Waals surface area (Å²) >= 11 is 1.82. The molecule has 3 aromatic carbocycles. The lowest BCUT2D eigenvalue weighted by Gasteiger charge is -2.16. The van der Waals surface area contributed by atoms with Gasteiger partial charge in [0.05, 0.1) is 22.6 Å². The van der Waals surface area contributed by atoms with Crippen LogP contribution in [-0.4, -0.2) is 41.7 Å². The third kappa shape index (κ3) is 7.11. The van der Waals surface area contributed by atoms with E-state index in [1.54, 1.807) is 36.4 Å². The molecule has 1 saturated carbocycles. The number of aryl methyl sites for hydroxylation is 2. The van der Waals surface area contributed by atoms with E-state index in [-0.39, 0.29) is 22.6 Å². The van der Waals surface area contributed by atoms with Gasteiger partial charge < -0.3 is 10.4 Å². The highest BCUT2D eigenvalue weighted by Crippen LogP contribution is 2.41. The van der Waals surface area contributed by atoms with E-state index in [9.17, 15) is 18.3 Å². The first-order valence-corrected chi connectivity index (χ1v) is 16.1. The molecule has 1 fully saturated rings. The lowest BCUT2D eigenvalue weighted by molar-refractivity contribution is -0.137. The van der Waals surface area contributed by atoms with Crippen molar-refractivity contribution in [2.24, 2.45) is 4.99 Å². The number of nitrogens with one attached hydrogen (secondary N) is 1. The number of amidine groups is 1. The minimum absolute atomic E-state index is 0.156. The van der Waals surface area contributed by atoms with E-state index in [0.29, 0.717) is 5.56 Å². The Morgan fingerprint density at radius 1 is 0.949 bits per heavy atom. The van der Waals surface area contributed by atoms with Crippen LogP contribution < -0.4 is 5.32 Å². The van der Waals surface area contributed by atoms with Crippen LogP contribution in [0.4, 0.5) is 5.69 Å². The third-order valence-corrected chi connectivity index (χ3v) is 10.6. The number of aliphatic imine (C=N–C) groups is 1. The number of hydrogen-bond donors (Lipinski definition) is 2. The van der Waals surface area contributed by atoms with E-state index < -0.39 is 21.7 Å². The van der Waals surface area contributed by atoms with Crippen LogP contribution in [0.3, 0.4) is 0 Å². The Bertz CT molecular complexity index is 1430. The molecule has 204 valence electrons. The van der Waals surface area contributed by atoms with Crippen molar-refractivity contribution < 1.29 is 18.3 Å². The number of benzene rings is 3. The number of thioether (sulfide) groups is 1. The molecule has 0 bridgehead atoms. The van der Waals surface area contributed by atoms with Crippen molar-refractivity contribution in [2.45, 2.75) is 61.3 Å². The average molecular weight is 563 g/mol. The van der Waals surface area contributed by atoms with E-state index in [0.717, 1.165) is 35.0 Å². The van der Waals surface area contributed by atoms with E-state index in [2.05, 4.69) is 29.6 Å². The monoisotopic (exact) mass is 562 g/mol. The molecular weight excluding hydrogens is 528 g/mol. The molecule has 1 spiro atoms. The summed E-state index contributed by atoms with van der Waals surface area (Å²) in [5, 5.41) is 13.8. The average Bonchev–Trinajstić information content (AvgIpc) is 3.56. The van der Waals surface area contributed by atoms with Crippen molar-refractivity contribution in [3.63, 3.8) is 0 Å². The molecular formula is C31H34N2O4S2. The predicted octanol–water partition coefficient (Wildman–Crippen LogP) is 6.33. The van der Waals surface area contributed by atoms with Gasteiger partial charge in [0.1, 0.15) is 0 Å². The Kier molecular flexibility index (Phi) is 8.43.